The fourth-order valence-corrected chi connectivity index (χ4v) is 5.00. The van der Waals surface area contributed by atoms with Crippen LogP contribution in [0.25, 0.3) is 0 Å². The Kier molecular flexibility index (Phi) is 12.5. The Morgan fingerprint density at radius 1 is 0.878 bits per heavy atom. The fourth-order valence-electron chi connectivity index (χ4n) is 4.56. The highest BCUT2D eigenvalue weighted by Crippen LogP contribution is 2.18. The molecule has 0 spiro atoms. The Bertz CT molecular complexity index is 1310. The molecule has 0 aromatic heterocycles. The Morgan fingerprint density at radius 3 is 2.15 bits per heavy atom. The van der Waals surface area contributed by atoms with Crippen LogP contribution in [-0.2, 0) is 17.7 Å². The van der Waals surface area contributed by atoms with E-state index < -0.39 is 24.0 Å². The predicted molar refractivity (Wildman–Crippen MR) is 165 cm³/mol. The highest BCUT2D eigenvalue weighted by atomic mass is 79.9. The summed E-state index contributed by atoms with van der Waals surface area (Å²) >= 11 is 3.49. The van der Waals surface area contributed by atoms with Crippen LogP contribution in [0.1, 0.15) is 68.9 Å². The highest BCUT2D eigenvalue weighted by molar-refractivity contribution is 9.10. The number of ether oxygens (including phenoxy) is 1. The largest absolute Gasteiger partial charge is 0.456 e. The molecule has 0 saturated carbocycles. The lowest BCUT2D eigenvalue weighted by Crippen LogP contribution is -2.46. The molecular formula is C32H39BrN4O4. The number of carbonyl (C=O) groups excluding carboxylic acids is 3. The zero-order valence-corrected chi connectivity index (χ0v) is 25.2. The van der Waals surface area contributed by atoms with Crippen LogP contribution < -0.4 is 16.8 Å². The Hall–Kier alpha value is -3.53. The Balaban J connectivity index is 1.85. The Morgan fingerprint density at radius 2 is 1.51 bits per heavy atom. The highest BCUT2D eigenvalue weighted by Gasteiger charge is 2.25. The molecule has 2 amide bonds. The van der Waals surface area contributed by atoms with Crippen LogP contribution in [0.2, 0.25) is 0 Å². The summed E-state index contributed by atoms with van der Waals surface area (Å²) in [6.45, 7) is 5.97. The lowest BCUT2D eigenvalue weighted by molar-refractivity contribution is 0.0238. The van der Waals surface area contributed by atoms with Crippen molar-refractivity contribution in [2.45, 2.75) is 51.8 Å². The van der Waals surface area contributed by atoms with Crippen molar-refractivity contribution in [1.82, 2.24) is 10.2 Å². The molecule has 41 heavy (non-hydrogen) atoms. The molecule has 3 aromatic rings. The van der Waals surface area contributed by atoms with Gasteiger partial charge in [-0.2, -0.15) is 0 Å². The summed E-state index contributed by atoms with van der Waals surface area (Å²) in [7, 11) is 0. The van der Waals surface area contributed by atoms with E-state index in [-0.39, 0.29) is 22.6 Å². The number of hydrogen-bond acceptors (Lipinski definition) is 6. The summed E-state index contributed by atoms with van der Waals surface area (Å²) in [6, 6.07) is 21.4. The molecule has 0 heterocycles. The van der Waals surface area contributed by atoms with Crippen LogP contribution in [0.15, 0.2) is 77.3 Å². The van der Waals surface area contributed by atoms with E-state index in [2.05, 4.69) is 21.2 Å². The first-order valence-corrected chi connectivity index (χ1v) is 14.7. The summed E-state index contributed by atoms with van der Waals surface area (Å²) in [5, 5.41) is 3.34. The van der Waals surface area contributed by atoms with Gasteiger partial charge in [0, 0.05) is 47.8 Å². The number of carbonyl (C=O) groups is 3. The first kappa shape index (κ1) is 32.0. The van der Waals surface area contributed by atoms with Gasteiger partial charge in [-0.05, 0) is 60.7 Å². The summed E-state index contributed by atoms with van der Waals surface area (Å²) in [4.78, 5) is 40.6. The van der Waals surface area contributed by atoms with Gasteiger partial charge in [0.2, 0.25) is 5.91 Å². The number of benzene rings is 3. The first-order chi connectivity index (χ1) is 19.7. The molecule has 0 unspecified atom stereocenters. The van der Waals surface area contributed by atoms with Gasteiger partial charge in [0.1, 0.15) is 6.10 Å². The molecule has 2 atom stereocenters. The third kappa shape index (κ3) is 9.81. The molecule has 8 nitrogen and oxygen atoms in total. The molecule has 0 aliphatic rings. The molecule has 0 bridgehead atoms. The van der Waals surface area contributed by atoms with Gasteiger partial charge in [0.25, 0.3) is 5.91 Å². The molecular weight excluding hydrogens is 584 g/mol. The van der Waals surface area contributed by atoms with E-state index in [0.717, 1.165) is 28.4 Å². The number of nitrogens with one attached hydrogen (secondary N) is 1. The smallest absolute Gasteiger partial charge is 0.338 e. The maximum atomic E-state index is 13.5. The van der Waals surface area contributed by atoms with Crippen LogP contribution in [-0.4, -0.2) is 54.5 Å². The number of rotatable bonds is 15. The van der Waals surface area contributed by atoms with Crippen molar-refractivity contribution in [2.24, 2.45) is 11.5 Å². The van der Waals surface area contributed by atoms with Crippen molar-refractivity contribution >= 4 is 33.7 Å². The third-order valence-corrected chi connectivity index (χ3v) is 7.08. The van der Waals surface area contributed by atoms with Gasteiger partial charge in [-0.1, -0.05) is 72.2 Å². The van der Waals surface area contributed by atoms with E-state index in [1.54, 1.807) is 4.90 Å². The number of nitrogens with zero attached hydrogens (tertiary/aromatic N) is 1. The number of hydrogen-bond donors (Lipinski definition) is 3. The second-order valence-electron chi connectivity index (χ2n) is 10.0. The van der Waals surface area contributed by atoms with E-state index in [4.69, 9.17) is 16.2 Å². The van der Waals surface area contributed by atoms with Crippen molar-refractivity contribution in [3.8, 4) is 0 Å². The topological polar surface area (TPSA) is 128 Å². The number of primary amides is 1. The summed E-state index contributed by atoms with van der Waals surface area (Å²) < 4.78 is 6.88. The third-order valence-electron chi connectivity index (χ3n) is 6.59. The van der Waals surface area contributed by atoms with Gasteiger partial charge in [0.05, 0.1) is 5.56 Å². The number of halogens is 1. The second kappa shape index (κ2) is 16.0. The van der Waals surface area contributed by atoms with Gasteiger partial charge >= 0.3 is 5.97 Å². The van der Waals surface area contributed by atoms with Crippen molar-refractivity contribution < 1.29 is 19.1 Å². The quantitative estimate of drug-likeness (QED) is 0.211. The van der Waals surface area contributed by atoms with Crippen LogP contribution >= 0.6 is 15.9 Å². The zero-order valence-electron chi connectivity index (χ0n) is 23.6. The molecule has 0 fully saturated rings. The lowest BCUT2D eigenvalue weighted by atomic mass is 10.0. The van der Waals surface area contributed by atoms with Gasteiger partial charge in [-0.3, -0.25) is 9.59 Å². The molecule has 3 rings (SSSR count). The van der Waals surface area contributed by atoms with Crippen molar-refractivity contribution in [3.63, 3.8) is 0 Å². The SMILES string of the molecule is CCCN(CCC)C(=O)c1cc(C(N)=O)cc(C(=O)O[C@H](CNCc2ccccc2)[C@@H](N)Cc2cccc(Br)c2)c1. The van der Waals surface area contributed by atoms with E-state index in [1.165, 1.54) is 18.2 Å². The standard InChI is InChI=1S/C32H39BrN4O4/c1-3-13-37(14-4-2)31(39)25-17-24(30(35)38)18-26(19-25)32(40)41-29(21-36-20-22-9-6-5-7-10-22)28(34)16-23-11-8-12-27(33)15-23/h5-12,15,17-19,28-29,36H,3-4,13-14,16,20-21,34H2,1-2H3,(H2,35,38)/t28-,29+/m0/s1. The zero-order chi connectivity index (χ0) is 29.8. The molecule has 0 aliphatic carbocycles. The van der Waals surface area contributed by atoms with Crippen LogP contribution in [0.3, 0.4) is 0 Å². The molecule has 9 heteroatoms. The lowest BCUT2D eigenvalue weighted by Gasteiger charge is -2.25. The van der Waals surface area contributed by atoms with Crippen LogP contribution in [0, 0.1) is 0 Å². The fraction of sp³-hybridized carbons (Fsp3) is 0.344. The normalized spacial score (nSPS) is 12.4. The van der Waals surface area contributed by atoms with E-state index in [1.807, 2.05) is 68.4 Å². The van der Waals surface area contributed by atoms with Gasteiger partial charge in [-0.15, -0.1) is 0 Å². The number of esters is 1. The van der Waals surface area contributed by atoms with Gasteiger partial charge in [-0.25, -0.2) is 4.79 Å². The minimum Gasteiger partial charge on any atom is -0.456 e. The van der Waals surface area contributed by atoms with E-state index >= 15 is 0 Å². The van der Waals surface area contributed by atoms with Crippen molar-refractivity contribution in [3.05, 3.63) is 105 Å². The van der Waals surface area contributed by atoms with Crippen molar-refractivity contribution in [2.75, 3.05) is 19.6 Å². The summed E-state index contributed by atoms with van der Waals surface area (Å²) in [6.07, 6.45) is 1.34. The average molecular weight is 624 g/mol. The maximum Gasteiger partial charge on any atom is 0.338 e. The van der Waals surface area contributed by atoms with Crippen molar-refractivity contribution in [1.29, 1.82) is 0 Å². The van der Waals surface area contributed by atoms with Crippen LogP contribution in [0.5, 0.6) is 0 Å². The molecule has 3 aromatic carbocycles. The van der Waals surface area contributed by atoms with E-state index in [9.17, 15) is 14.4 Å². The molecule has 0 radical (unpaired) electrons. The Labute approximate surface area is 250 Å². The summed E-state index contributed by atoms with van der Waals surface area (Å²) in [5.41, 5.74) is 14.6. The number of nitrogens with two attached hydrogens (primary N) is 2. The van der Waals surface area contributed by atoms with E-state index in [0.29, 0.717) is 32.6 Å². The second-order valence-corrected chi connectivity index (χ2v) is 10.9. The monoisotopic (exact) mass is 622 g/mol. The molecule has 0 saturated heterocycles. The maximum absolute atomic E-state index is 13.5. The number of amides is 2. The molecule has 218 valence electrons. The van der Waals surface area contributed by atoms with Gasteiger partial charge in [0.15, 0.2) is 0 Å². The molecule has 0 aliphatic heterocycles. The first-order valence-electron chi connectivity index (χ1n) is 13.9. The van der Waals surface area contributed by atoms with Crippen LogP contribution in [0.4, 0.5) is 0 Å². The average Bonchev–Trinajstić information content (AvgIpc) is 2.96. The summed E-state index contributed by atoms with van der Waals surface area (Å²) in [5.74, 6) is -1.69. The minimum absolute atomic E-state index is 0.0629. The van der Waals surface area contributed by atoms with Gasteiger partial charge < -0.3 is 26.4 Å². The molecule has 5 N–H and O–H groups in total. The minimum atomic E-state index is -0.737. The predicted octanol–water partition coefficient (Wildman–Crippen LogP) is 4.70.